The van der Waals surface area contributed by atoms with E-state index in [0.717, 1.165) is 19.3 Å². The average Bonchev–Trinajstić information content (AvgIpc) is 2.21. The van der Waals surface area contributed by atoms with Gasteiger partial charge in [0.1, 0.15) is 5.54 Å². The smallest absolute Gasteiger partial charge is 0.323 e. The monoisotopic (exact) mass is 233 g/mol. The Morgan fingerprint density at radius 1 is 1.25 bits per heavy atom. The van der Waals surface area contributed by atoms with Crippen LogP contribution in [0.2, 0.25) is 0 Å². The summed E-state index contributed by atoms with van der Waals surface area (Å²) in [6.07, 6.45) is 2.97. The van der Waals surface area contributed by atoms with Gasteiger partial charge in [0.05, 0.1) is 0 Å². The lowest BCUT2D eigenvalue weighted by molar-refractivity contribution is -0.142. The van der Waals surface area contributed by atoms with E-state index in [0.29, 0.717) is 26.2 Å². The van der Waals surface area contributed by atoms with Crippen LogP contribution in [0.4, 0.5) is 0 Å². The van der Waals surface area contributed by atoms with Crippen LogP contribution in [0.25, 0.3) is 0 Å². The summed E-state index contributed by atoms with van der Waals surface area (Å²) in [6, 6.07) is 0. The van der Waals surface area contributed by atoms with Gasteiger partial charge in [-0.05, 0) is 32.6 Å². The predicted octanol–water partition coefficient (Wildman–Crippen LogP) is 1.01. The number of rotatable bonds is 10. The second-order valence-corrected chi connectivity index (χ2v) is 4.14. The molecule has 3 N–H and O–H groups in total. The van der Waals surface area contributed by atoms with Crippen LogP contribution in [0.5, 0.6) is 0 Å². The van der Waals surface area contributed by atoms with E-state index in [1.165, 1.54) is 6.92 Å². The van der Waals surface area contributed by atoms with Crippen LogP contribution in [0, 0.1) is 0 Å². The number of methoxy groups -OCH3 is 1. The lowest BCUT2D eigenvalue weighted by Gasteiger charge is -2.18. The van der Waals surface area contributed by atoms with Gasteiger partial charge in [-0.15, -0.1) is 0 Å². The number of nitrogens with two attached hydrogens (primary N) is 1. The number of carboxylic acid groups (broad SMARTS) is 1. The van der Waals surface area contributed by atoms with Crippen molar-refractivity contribution < 1.29 is 19.4 Å². The van der Waals surface area contributed by atoms with Gasteiger partial charge in [-0.2, -0.15) is 0 Å². The van der Waals surface area contributed by atoms with Gasteiger partial charge >= 0.3 is 5.97 Å². The Morgan fingerprint density at radius 3 is 2.44 bits per heavy atom. The normalized spacial score (nSPS) is 14.7. The Kier molecular flexibility index (Phi) is 8.15. The fraction of sp³-hybridized carbons (Fsp3) is 0.909. The Labute approximate surface area is 96.9 Å². The van der Waals surface area contributed by atoms with Crippen LogP contribution in [-0.2, 0) is 14.3 Å². The lowest BCUT2D eigenvalue weighted by atomic mass is 9.97. The van der Waals surface area contributed by atoms with Crippen LogP contribution in [-0.4, -0.2) is 43.5 Å². The number of unbranched alkanes of at least 4 members (excludes halogenated alkanes) is 1. The molecule has 1 atom stereocenters. The van der Waals surface area contributed by atoms with Gasteiger partial charge in [-0.1, -0.05) is 0 Å². The molecule has 96 valence electrons. The van der Waals surface area contributed by atoms with E-state index >= 15 is 0 Å². The quantitative estimate of drug-likeness (QED) is 0.550. The maximum absolute atomic E-state index is 10.7. The molecule has 0 aliphatic carbocycles. The summed E-state index contributed by atoms with van der Waals surface area (Å²) in [6.45, 7) is 3.58. The largest absolute Gasteiger partial charge is 0.480 e. The van der Waals surface area contributed by atoms with Gasteiger partial charge in [-0.25, -0.2) is 0 Å². The summed E-state index contributed by atoms with van der Waals surface area (Å²) in [4.78, 5) is 10.7. The molecule has 0 aliphatic heterocycles. The van der Waals surface area contributed by atoms with E-state index in [1.807, 2.05) is 0 Å². The summed E-state index contributed by atoms with van der Waals surface area (Å²) in [5, 5.41) is 8.77. The van der Waals surface area contributed by atoms with E-state index in [9.17, 15) is 4.79 Å². The summed E-state index contributed by atoms with van der Waals surface area (Å²) >= 11 is 0. The summed E-state index contributed by atoms with van der Waals surface area (Å²) in [7, 11) is 1.66. The van der Waals surface area contributed by atoms with E-state index in [4.69, 9.17) is 20.3 Å². The maximum atomic E-state index is 10.7. The van der Waals surface area contributed by atoms with Crippen molar-refractivity contribution >= 4 is 5.97 Å². The van der Waals surface area contributed by atoms with Gasteiger partial charge < -0.3 is 20.3 Å². The molecule has 16 heavy (non-hydrogen) atoms. The Hall–Kier alpha value is -0.650. The van der Waals surface area contributed by atoms with Crippen molar-refractivity contribution in [1.82, 2.24) is 0 Å². The minimum atomic E-state index is -1.12. The van der Waals surface area contributed by atoms with Crippen LogP contribution >= 0.6 is 0 Å². The molecule has 0 bridgehead atoms. The zero-order chi connectivity index (χ0) is 12.4. The minimum Gasteiger partial charge on any atom is -0.480 e. The average molecular weight is 233 g/mol. The first-order chi connectivity index (χ1) is 7.50. The second-order valence-electron chi connectivity index (χ2n) is 4.14. The molecule has 5 heteroatoms. The molecule has 0 amide bonds. The SMILES string of the molecule is COCCCOCCCCC(C)(N)C(=O)O. The second kappa shape index (κ2) is 8.50. The van der Waals surface area contributed by atoms with Gasteiger partial charge in [0, 0.05) is 26.9 Å². The topological polar surface area (TPSA) is 81.8 Å². The number of ether oxygens (including phenoxy) is 2. The van der Waals surface area contributed by atoms with Crippen molar-refractivity contribution in [1.29, 1.82) is 0 Å². The Balaban J connectivity index is 3.30. The van der Waals surface area contributed by atoms with Crippen molar-refractivity contribution in [3.05, 3.63) is 0 Å². The maximum Gasteiger partial charge on any atom is 0.323 e. The first-order valence-electron chi connectivity index (χ1n) is 5.59. The molecule has 0 fully saturated rings. The van der Waals surface area contributed by atoms with E-state index in [2.05, 4.69) is 0 Å². The van der Waals surface area contributed by atoms with Crippen LogP contribution in [0.1, 0.15) is 32.6 Å². The molecule has 0 aromatic rings. The molecule has 1 unspecified atom stereocenters. The van der Waals surface area contributed by atoms with Gasteiger partial charge in [0.2, 0.25) is 0 Å². The summed E-state index contributed by atoms with van der Waals surface area (Å²) in [5.74, 6) is -0.950. The number of aliphatic carboxylic acids is 1. The van der Waals surface area contributed by atoms with Crippen LogP contribution in [0.3, 0.4) is 0 Å². The van der Waals surface area contributed by atoms with Crippen molar-refractivity contribution in [3.63, 3.8) is 0 Å². The van der Waals surface area contributed by atoms with Crippen LogP contribution < -0.4 is 5.73 Å². The zero-order valence-electron chi connectivity index (χ0n) is 10.2. The Morgan fingerprint density at radius 2 is 1.88 bits per heavy atom. The summed E-state index contributed by atoms with van der Waals surface area (Å²) in [5.41, 5.74) is 4.47. The number of hydrogen-bond donors (Lipinski definition) is 2. The molecule has 0 radical (unpaired) electrons. The molecular formula is C11H23NO4. The molecule has 5 nitrogen and oxygen atoms in total. The third kappa shape index (κ3) is 7.62. The molecule has 0 rings (SSSR count). The van der Waals surface area contributed by atoms with Crippen molar-refractivity contribution in [2.45, 2.75) is 38.1 Å². The van der Waals surface area contributed by atoms with Crippen molar-refractivity contribution in [2.75, 3.05) is 26.9 Å². The minimum absolute atomic E-state index is 0.476. The van der Waals surface area contributed by atoms with Gasteiger partial charge in [-0.3, -0.25) is 4.79 Å². The fourth-order valence-electron chi connectivity index (χ4n) is 1.21. The molecular weight excluding hydrogens is 210 g/mol. The fourth-order valence-corrected chi connectivity index (χ4v) is 1.21. The molecule has 0 heterocycles. The zero-order valence-corrected chi connectivity index (χ0v) is 10.2. The highest BCUT2D eigenvalue weighted by atomic mass is 16.5. The first kappa shape index (κ1) is 15.3. The Bertz CT molecular complexity index is 194. The highest BCUT2D eigenvalue weighted by Crippen LogP contribution is 2.10. The van der Waals surface area contributed by atoms with E-state index in [-0.39, 0.29) is 0 Å². The van der Waals surface area contributed by atoms with Crippen molar-refractivity contribution in [3.8, 4) is 0 Å². The van der Waals surface area contributed by atoms with Crippen LogP contribution in [0.15, 0.2) is 0 Å². The standard InChI is InChI=1S/C11H23NO4/c1-11(12,10(13)14)6-3-4-8-16-9-5-7-15-2/h3-9,12H2,1-2H3,(H,13,14). The number of carboxylic acids is 1. The van der Waals surface area contributed by atoms with Gasteiger partial charge in [0.15, 0.2) is 0 Å². The molecule has 0 saturated carbocycles. The number of hydrogen-bond acceptors (Lipinski definition) is 4. The van der Waals surface area contributed by atoms with E-state index < -0.39 is 11.5 Å². The third-order valence-corrected chi connectivity index (χ3v) is 2.36. The molecule has 0 aromatic heterocycles. The van der Waals surface area contributed by atoms with Crippen molar-refractivity contribution in [2.24, 2.45) is 5.73 Å². The predicted molar refractivity (Wildman–Crippen MR) is 61.4 cm³/mol. The summed E-state index contributed by atoms with van der Waals surface area (Å²) < 4.78 is 10.2. The third-order valence-electron chi connectivity index (χ3n) is 2.36. The highest BCUT2D eigenvalue weighted by molar-refractivity contribution is 5.77. The van der Waals surface area contributed by atoms with E-state index in [1.54, 1.807) is 7.11 Å². The molecule has 0 aliphatic rings. The highest BCUT2D eigenvalue weighted by Gasteiger charge is 2.26. The van der Waals surface area contributed by atoms with Gasteiger partial charge in [0.25, 0.3) is 0 Å². The molecule has 0 saturated heterocycles. The first-order valence-corrected chi connectivity index (χ1v) is 5.59. The molecule has 0 aromatic carbocycles. The lowest BCUT2D eigenvalue weighted by Crippen LogP contribution is -2.44. The number of carbonyl (C=O) groups is 1. The molecule has 0 spiro atoms.